The predicted octanol–water partition coefficient (Wildman–Crippen LogP) is 2.26. The number of nitrogens with zero attached hydrogens (tertiary/aromatic N) is 4. The molecule has 1 aromatic heterocycles. The number of fused-ring (bicyclic) bond motifs is 1. The van der Waals surface area contributed by atoms with E-state index in [2.05, 4.69) is 4.98 Å². The van der Waals surface area contributed by atoms with Crippen molar-refractivity contribution in [2.75, 3.05) is 40.1 Å². The minimum absolute atomic E-state index is 0.0793. The summed E-state index contributed by atoms with van der Waals surface area (Å²) in [5, 5.41) is 11.9. The summed E-state index contributed by atoms with van der Waals surface area (Å²) >= 11 is 0. The maximum Gasteiger partial charge on any atom is 0.300 e. The summed E-state index contributed by atoms with van der Waals surface area (Å²) in [5.41, 5.74) is 12.5. The number of amides is 1. The molecule has 0 aliphatic heterocycles. The number of carbonyl (C=O) groups is 1. The van der Waals surface area contributed by atoms with Crippen LogP contribution in [0.15, 0.2) is 24.5 Å². The van der Waals surface area contributed by atoms with Crippen LogP contribution in [0.1, 0.15) is 17.3 Å². The normalized spacial score (nSPS) is 11.2. The van der Waals surface area contributed by atoms with Crippen molar-refractivity contribution in [3.8, 4) is 22.6 Å². The Bertz CT molecular complexity index is 1190. The highest BCUT2D eigenvalue weighted by Crippen LogP contribution is 2.44. The van der Waals surface area contributed by atoms with Gasteiger partial charge in [-0.15, -0.1) is 0 Å². The van der Waals surface area contributed by atoms with E-state index in [0.29, 0.717) is 29.9 Å². The van der Waals surface area contributed by atoms with Crippen molar-refractivity contribution in [1.29, 1.82) is 0 Å². The lowest BCUT2D eigenvalue weighted by atomic mass is 9.97. The Balaban J connectivity index is 2.28. The SMILES string of the molecule is CCn1cnc2cc(-c3cc(OCCN(C)C)c(C(N)=O)c(N)c3[N+](=O)[O-])cc(OC)c21. The molecule has 0 spiro atoms. The van der Waals surface area contributed by atoms with E-state index < -0.39 is 16.5 Å². The van der Waals surface area contributed by atoms with Crippen LogP contribution < -0.4 is 20.9 Å². The van der Waals surface area contributed by atoms with Crippen LogP contribution in [-0.4, -0.2) is 59.6 Å². The fourth-order valence-corrected chi connectivity index (χ4v) is 3.51. The van der Waals surface area contributed by atoms with Gasteiger partial charge in [-0.25, -0.2) is 4.98 Å². The zero-order valence-electron chi connectivity index (χ0n) is 18.4. The van der Waals surface area contributed by atoms with Crippen LogP contribution in [-0.2, 0) is 6.54 Å². The van der Waals surface area contributed by atoms with Gasteiger partial charge in [0.25, 0.3) is 5.91 Å². The van der Waals surface area contributed by atoms with Crippen LogP contribution in [0.5, 0.6) is 11.5 Å². The number of nitrogens with two attached hydrogens (primary N) is 2. The van der Waals surface area contributed by atoms with Crippen LogP contribution in [0.25, 0.3) is 22.2 Å². The Labute approximate surface area is 184 Å². The number of ether oxygens (including phenoxy) is 2. The highest BCUT2D eigenvalue weighted by atomic mass is 16.6. The number of imidazole rings is 1. The molecule has 0 fully saturated rings. The molecular formula is C21H26N6O5. The van der Waals surface area contributed by atoms with Gasteiger partial charge in [0.2, 0.25) is 0 Å². The van der Waals surface area contributed by atoms with Crippen LogP contribution in [0, 0.1) is 10.1 Å². The Kier molecular flexibility index (Phi) is 6.49. The number of hydrogen-bond acceptors (Lipinski definition) is 8. The molecule has 11 heteroatoms. The van der Waals surface area contributed by atoms with Gasteiger partial charge in [-0.2, -0.15) is 0 Å². The monoisotopic (exact) mass is 442 g/mol. The number of rotatable bonds is 9. The first kappa shape index (κ1) is 22.8. The summed E-state index contributed by atoms with van der Waals surface area (Å²) in [5.74, 6) is -0.332. The van der Waals surface area contributed by atoms with E-state index in [9.17, 15) is 14.9 Å². The summed E-state index contributed by atoms with van der Waals surface area (Å²) in [7, 11) is 5.25. The molecule has 0 bridgehead atoms. The van der Waals surface area contributed by atoms with Crippen LogP contribution in [0.4, 0.5) is 11.4 Å². The van der Waals surface area contributed by atoms with E-state index in [1.165, 1.54) is 13.2 Å². The molecule has 3 aromatic rings. The number of hydrogen-bond donors (Lipinski definition) is 2. The first-order chi connectivity index (χ1) is 15.2. The van der Waals surface area contributed by atoms with E-state index in [-0.39, 0.29) is 29.2 Å². The van der Waals surface area contributed by atoms with Crippen molar-refractivity contribution in [1.82, 2.24) is 14.5 Å². The molecule has 0 saturated heterocycles. The molecule has 1 amide bonds. The lowest BCUT2D eigenvalue weighted by Gasteiger charge is -2.17. The lowest BCUT2D eigenvalue weighted by Crippen LogP contribution is -2.22. The summed E-state index contributed by atoms with van der Waals surface area (Å²) in [6.07, 6.45) is 1.67. The molecule has 3 rings (SSSR count). The van der Waals surface area contributed by atoms with Gasteiger partial charge >= 0.3 is 5.69 Å². The molecule has 32 heavy (non-hydrogen) atoms. The maximum absolute atomic E-state index is 12.1. The zero-order valence-corrected chi connectivity index (χ0v) is 18.4. The molecule has 1 heterocycles. The third-order valence-corrected chi connectivity index (χ3v) is 5.08. The number of carbonyl (C=O) groups excluding carboxylic acids is 1. The van der Waals surface area contributed by atoms with Crippen LogP contribution >= 0.6 is 0 Å². The topological polar surface area (TPSA) is 152 Å². The highest BCUT2D eigenvalue weighted by Gasteiger charge is 2.29. The summed E-state index contributed by atoms with van der Waals surface area (Å²) in [4.78, 5) is 29.7. The van der Waals surface area contributed by atoms with Gasteiger partial charge in [0.05, 0.1) is 29.4 Å². The molecule has 0 radical (unpaired) electrons. The lowest BCUT2D eigenvalue weighted by molar-refractivity contribution is -0.383. The molecule has 4 N–H and O–H groups in total. The summed E-state index contributed by atoms with van der Waals surface area (Å²) in [6.45, 7) is 3.43. The van der Waals surface area contributed by atoms with Crippen molar-refractivity contribution < 1.29 is 19.2 Å². The van der Waals surface area contributed by atoms with Crippen molar-refractivity contribution in [3.05, 3.63) is 40.2 Å². The van der Waals surface area contributed by atoms with Gasteiger partial charge in [-0.1, -0.05) is 0 Å². The number of anilines is 1. The minimum atomic E-state index is -0.910. The molecule has 170 valence electrons. The Hall–Kier alpha value is -3.86. The average molecular weight is 442 g/mol. The van der Waals surface area contributed by atoms with Gasteiger partial charge in [0, 0.05) is 13.1 Å². The smallest absolute Gasteiger partial charge is 0.300 e. The second-order valence-electron chi connectivity index (χ2n) is 7.41. The number of nitro groups is 1. The molecule has 0 atom stereocenters. The minimum Gasteiger partial charge on any atom is -0.494 e. The number of aromatic nitrogens is 2. The fourth-order valence-electron chi connectivity index (χ4n) is 3.51. The van der Waals surface area contributed by atoms with Crippen molar-refractivity contribution in [3.63, 3.8) is 0 Å². The van der Waals surface area contributed by atoms with Crippen molar-refractivity contribution >= 4 is 28.3 Å². The third kappa shape index (κ3) is 4.14. The number of primary amides is 1. The number of methoxy groups -OCH3 is 1. The van der Waals surface area contributed by atoms with Crippen LogP contribution in [0.3, 0.4) is 0 Å². The largest absolute Gasteiger partial charge is 0.494 e. The van der Waals surface area contributed by atoms with Gasteiger partial charge in [-0.05, 0) is 44.8 Å². The molecule has 11 nitrogen and oxygen atoms in total. The number of nitrogen functional groups attached to an aromatic ring is 1. The summed E-state index contributed by atoms with van der Waals surface area (Å²) in [6, 6.07) is 4.80. The van der Waals surface area contributed by atoms with Gasteiger partial charge in [0.1, 0.15) is 34.9 Å². The molecule has 0 unspecified atom stereocenters. The van der Waals surface area contributed by atoms with Crippen LogP contribution in [0.2, 0.25) is 0 Å². The molecule has 0 saturated carbocycles. The second-order valence-corrected chi connectivity index (χ2v) is 7.41. The fraction of sp³-hybridized carbons (Fsp3) is 0.333. The quantitative estimate of drug-likeness (QED) is 0.291. The van der Waals surface area contributed by atoms with E-state index in [0.717, 1.165) is 5.52 Å². The Morgan fingerprint density at radius 1 is 1.28 bits per heavy atom. The number of nitro benzene ring substituents is 1. The first-order valence-corrected chi connectivity index (χ1v) is 9.91. The highest BCUT2D eigenvalue weighted by molar-refractivity contribution is 6.05. The van der Waals surface area contributed by atoms with E-state index in [4.69, 9.17) is 20.9 Å². The van der Waals surface area contributed by atoms with E-state index >= 15 is 0 Å². The molecule has 0 aliphatic carbocycles. The third-order valence-electron chi connectivity index (χ3n) is 5.08. The predicted molar refractivity (Wildman–Crippen MR) is 121 cm³/mol. The Morgan fingerprint density at radius 2 is 2.00 bits per heavy atom. The van der Waals surface area contributed by atoms with Crippen molar-refractivity contribution in [2.45, 2.75) is 13.5 Å². The number of likely N-dealkylation sites (N-methyl/N-ethyl adjacent to an activating group) is 1. The maximum atomic E-state index is 12.1. The number of benzene rings is 2. The first-order valence-electron chi connectivity index (χ1n) is 9.91. The van der Waals surface area contributed by atoms with Gasteiger partial charge in [0.15, 0.2) is 0 Å². The average Bonchev–Trinajstić information content (AvgIpc) is 3.14. The molecule has 0 aliphatic rings. The van der Waals surface area contributed by atoms with Gasteiger partial charge in [-0.3, -0.25) is 14.9 Å². The molecule has 2 aromatic carbocycles. The Morgan fingerprint density at radius 3 is 2.56 bits per heavy atom. The standard InChI is InChI=1S/C21H26N6O5/c1-5-26-11-24-14-8-12(9-16(31-4)20(14)26)13-10-15(32-7-6-25(2)3)17(21(23)28)18(22)19(13)27(29)30/h8-11H,5-7,22H2,1-4H3,(H2,23,28). The van der Waals surface area contributed by atoms with Crippen molar-refractivity contribution in [2.24, 2.45) is 5.73 Å². The van der Waals surface area contributed by atoms with E-state index in [1.54, 1.807) is 18.5 Å². The zero-order chi connectivity index (χ0) is 23.6. The van der Waals surface area contributed by atoms with Gasteiger partial charge < -0.3 is 30.4 Å². The van der Waals surface area contributed by atoms with E-state index in [1.807, 2.05) is 30.5 Å². The summed E-state index contributed by atoms with van der Waals surface area (Å²) < 4.78 is 13.2. The number of aryl methyl sites for hydroxylation is 1. The second kappa shape index (κ2) is 9.10. The molecular weight excluding hydrogens is 416 g/mol.